The highest BCUT2D eigenvalue weighted by Gasteiger charge is 2.35. The first-order chi connectivity index (χ1) is 8.63. The van der Waals surface area contributed by atoms with E-state index < -0.39 is 0 Å². The Bertz CT molecular complexity index is 451. The van der Waals surface area contributed by atoms with Crippen LogP contribution >= 0.6 is 23.2 Å². The fraction of sp³-hybridized carbons (Fsp3) is 0.462. The normalized spacial score (nSPS) is 23.1. The maximum Gasteiger partial charge on any atom is 0.310 e. The molecule has 1 aromatic carbocycles. The third kappa shape index (κ3) is 2.79. The van der Waals surface area contributed by atoms with Crippen LogP contribution in [0.25, 0.3) is 0 Å². The number of benzene rings is 1. The molecule has 5 heteroatoms. The van der Waals surface area contributed by atoms with Crippen LogP contribution in [0.2, 0.25) is 10.0 Å². The Labute approximate surface area is 116 Å². The molecular formula is C13H15Cl2NO2. The third-order valence-corrected chi connectivity index (χ3v) is 3.73. The molecule has 0 aromatic heterocycles. The average molecular weight is 288 g/mol. The van der Waals surface area contributed by atoms with Crippen molar-refractivity contribution in [3.8, 4) is 0 Å². The summed E-state index contributed by atoms with van der Waals surface area (Å²) in [4.78, 5) is 11.9. The van der Waals surface area contributed by atoms with E-state index in [-0.39, 0.29) is 17.8 Å². The number of halogens is 2. The molecule has 0 saturated carbocycles. The van der Waals surface area contributed by atoms with Crippen molar-refractivity contribution in [1.29, 1.82) is 0 Å². The van der Waals surface area contributed by atoms with Crippen molar-refractivity contribution in [1.82, 2.24) is 5.32 Å². The van der Waals surface area contributed by atoms with Gasteiger partial charge in [0.05, 0.1) is 12.5 Å². The summed E-state index contributed by atoms with van der Waals surface area (Å²) in [6, 6.07) is 5.39. The summed E-state index contributed by atoms with van der Waals surface area (Å²) in [5, 5.41) is 4.41. The number of hydrogen-bond acceptors (Lipinski definition) is 3. The first kappa shape index (κ1) is 13.7. The van der Waals surface area contributed by atoms with Crippen LogP contribution in [0.1, 0.15) is 18.4 Å². The molecule has 0 amide bonds. The van der Waals surface area contributed by atoms with E-state index in [0.717, 1.165) is 12.1 Å². The zero-order chi connectivity index (χ0) is 13.1. The minimum absolute atomic E-state index is 0.0498. The van der Waals surface area contributed by atoms with Crippen molar-refractivity contribution in [2.24, 2.45) is 5.92 Å². The molecule has 0 unspecified atom stereocenters. The van der Waals surface area contributed by atoms with Gasteiger partial charge in [0.2, 0.25) is 0 Å². The van der Waals surface area contributed by atoms with Crippen LogP contribution in [0, 0.1) is 5.92 Å². The van der Waals surface area contributed by atoms with Gasteiger partial charge in [-0.15, -0.1) is 0 Å². The van der Waals surface area contributed by atoms with Gasteiger partial charge in [-0.1, -0.05) is 29.3 Å². The fourth-order valence-corrected chi connectivity index (χ4v) is 2.85. The molecule has 3 nitrogen and oxygen atoms in total. The SMILES string of the molecule is CCOC(=O)[C@@H]1CNC[C@H]1c1ccc(Cl)cc1Cl. The summed E-state index contributed by atoms with van der Waals surface area (Å²) in [5.41, 5.74) is 0.948. The zero-order valence-electron chi connectivity index (χ0n) is 10.1. The molecule has 0 spiro atoms. The first-order valence-electron chi connectivity index (χ1n) is 5.95. The molecule has 0 bridgehead atoms. The minimum Gasteiger partial charge on any atom is -0.466 e. The van der Waals surface area contributed by atoms with Crippen molar-refractivity contribution >= 4 is 29.2 Å². The number of carbonyl (C=O) groups is 1. The van der Waals surface area contributed by atoms with E-state index in [4.69, 9.17) is 27.9 Å². The second-order valence-corrected chi connectivity index (χ2v) is 5.13. The zero-order valence-corrected chi connectivity index (χ0v) is 11.6. The average Bonchev–Trinajstić information content (AvgIpc) is 2.78. The van der Waals surface area contributed by atoms with Crippen LogP contribution < -0.4 is 5.32 Å². The molecule has 1 heterocycles. The summed E-state index contributed by atoms with van der Waals surface area (Å²) in [5.74, 6) is -0.295. The molecule has 18 heavy (non-hydrogen) atoms. The van der Waals surface area contributed by atoms with Gasteiger partial charge in [0, 0.05) is 29.1 Å². The van der Waals surface area contributed by atoms with Crippen LogP contribution in [-0.4, -0.2) is 25.7 Å². The Kier molecular flexibility index (Phi) is 4.49. The van der Waals surface area contributed by atoms with Gasteiger partial charge in [-0.3, -0.25) is 4.79 Å². The predicted octanol–water partition coefficient (Wildman–Crippen LogP) is 2.86. The minimum atomic E-state index is -0.177. The Morgan fingerprint density at radius 3 is 2.89 bits per heavy atom. The topological polar surface area (TPSA) is 38.3 Å². The van der Waals surface area contributed by atoms with E-state index in [1.165, 1.54) is 0 Å². The Balaban J connectivity index is 2.23. The number of ether oxygens (including phenoxy) is 1. The molecule has 1 fully saturated rings. The standard InChI is InChI=1S/C13H15Cl2NO2/c1-2-18-13(17)11-7-16-6-10(11)9-4-3-8(14)5-12(9)15/h3-5,10-11,16H,2,6-7H2,1H3/t10-,11+/m0/s1. The third-order valence-electron chi connectivity index (χ3n) is 3.17. The second-order valence-electron chi connectivity index (χ2n) is 4.29. The number of rotatable bonds is 3. The van der Waals surface area contributed by atoms with Gasteiger partial charge in [-0.05, 0) is 24.6 Å². The lowest BCUT2D eigenvalue weighted by atomic mass is 9.89. The molecule has 1 aromatic rings. The summed E-state index contributed by atoms with van der Waals surface area (Å²) in [7, 11) is 0. The van der Waals surface area contributed by atoms with Crippen molar-refractivity contribution < 1.29 is 9.53 Å². The fourth-order valence-electron chi connectivity index (χ4n) is 2.30. The van der Waals surface area contributed by atoms with E-state index >= 15 is 0 Å². The summed E-state index contributed by atoms with van der Waals surface area (Å²) >= 11 is 12.1. The predicted molar refractivity (Wildman–Crippen MR) is 72.2 cm³/mol. The smallest absolute Gasteiger partial charge is 0.310 e. The Hall–Kier alpha value is -0.770. The van der Waals surface area contributed by atoms with Gasteiger partial charge < -0.3 is 10.1 Å². The highest BCUT2D eigenvalue weighted by molar-refractivity contribution is 6.35. The lowest BCUT2D eigenvalue weighted by Gasteiger charge is -2.18. The monoisotopic (exact) mass is 287 g/mol. The van der Waals surface area contributed by atoms with E-state index in [1.54, 1.807) is 12.1 Å². The van der Waals surface area contributed by atoms with Crippen molar-refractivity contribution in [3.05, 3.63) is 33.8 Å². The summed E-state index contributed by atoms with van der Waals surface area (Å²) < 4.78 is 5.09. The van der Waals surface area contributed by atoms with E-state index in [0.29, 0.717) is 23.2 Å². The van der Waals surface area contributed by atoms with Gasteiger partial charge >= 0.3 is 5.97 Å². The van der Waals surface area contributed by atoms with Gasteiger partial charge in [0.15, 0.2) is 0 Å². The van der Waals surface area contributed by atoms with E-state index in [1.807, 2.05) is 13.0 Å². The molecule has 98 valence electrons. The van der Waals surface area contributed by atoms with Gasteiger partial charge in [0.1, 0.15) is 0 Å². The molecular weight excluding hydrogens is 273 g/mol. The van der Waals surface area contributed by atoms with Crippen molar-refractivity contribution in [3.63, 3.8) is 0 Å². The maximum absolute atomic E-state index is 11.9. The maximum atomic E-state index is 11.9. The molecule has 0 aliphatic carbocycles. The molecule has 2 atom stereocenters. The van der Waals surface area contributed by atoms with Crippen LogP contribution in [0.15, 0.2) is 18.2 Å². The van der Waals surface area contributed by atoms with Gasteiger partial charge in [-0.2, -0.15) is 0 Å². The molecule has 1 aliphatic rings. The largest absolute Gasteiger partial charge is 0.466 e. The van der Waals surface area contributed by atoms with Crippen LogP contribution in [-0.2, 0) is 9.53 Å². The van der Waals surface area contributed by atoms with E-state index in [9.17, 15) is 4.79 Å². The highest BCUT2D eigenvalue weighted by Crippen LogP contribution is 2.34. The number of hydrogen-bond donors (Lipinski definition) is 1. The lowest BCUT2D eigenvalue weighted by Crippen LogP contribution is -2.24. The summed E-state index contributed by atoms with van der Waals surface area (Å²) in [6.45, 7) is 3.56. The second kappa shape index (κ2) is 5.91. The lowest BCUT2D eigenvalue weighted by molar-refractivity contribution is -0.147. The molecule has 1 saturated heterocycles. The number of nitrogens with one attached hydrogen (secondary N) is 1. The first-order valence-corrected chi connectivity index (χ1v) is 6.71. The van der Waals surface area contributed by atoms with E-state index in [2.05, 4.69) is 5.32 Å². The van der Waals surface area contributed by atoms with Crippen LogP contribution in [0.4, 0.5) is 0 Å². The Morgan fingerprint density at radius 1 is 1.44 bits per heavy atom. The van der Waals surface area contributed by atoms with Gasteiger partial charge in [0.25, 0.3) is 0 Å². The number of esters is 1. The van der Waals surface area contributed by atoms with Gasteiger partial charge in [-0.25, -0.2) is 0 Å². The summed E-state index contributed by atoms with van der Waals surface area (Å²) in [6.07, 6.45) is 0. The highest BCUT2D eigenvalue weighted by atomic mass is 35.5. The molecule has 1 aliphatic heterocycles. The number of carbonyl (C=O) groups excluding carboxylic acids is 1. The quantitative estimate of drug-likeness (QED) is 0.869. The molecule has 2 rings (SSSR count). The van der Waals surface area contributed by atoms with Crippen LogP contribution in [0.3, 0.4) is 0 Å². The van der Waals surface area contributed by atoms with Crippen LogP contribution in [0.5, 0.6) is 0 Å². The van der Waals surface area contributed by atoms with Crippen molar-refractivity contribution in [2.75, 3.05) is 19.7 Å². The molecule has 1 N–H and O–H groups in total. The molecule has 0 radical (unpaired) electrons. The van der Waals surface area contributed by atoms with Crippen molar-refractivity contribution in [2.45, 2.75) is 12.8 Å². The Morgan fingerprint density at radius 2 is 2.22 bits per heavy atom.